The molecule has 0 radical (unpaired) electrons. The molecule has 7 nitrogen and oxygen atoms in total. The van der Waals surface area contributed by atoms with Gasteiger partial charge < -0.3 is 14.7 Å². The zero-order valence-corrected chi connectivity index (χ0v) is 12.9. The van der Waals surface area contributed by atoms with Crippen LogP contribution >= 0.6 is 0 Å². The van der Waals surface area contributed by atoms with Crippen LogP contribution in [0.5, 0.6) is 0 Å². The lowest BCUT2D eigenvalue weighted by Gasteiger charge is -2.32. The van der Waals surface area contributed by atoms with Gasteiger partial charge in [0.15, 0.2) is 5.69 Å². The molecule has 1 aliphatic rings. The first-order valence-corrected chi connectivity index (χ1v) is 7.58. The maximum atomic E-state index is 12.3. The van der Waals surface area contributed by atoms with Crippen molar-refractivity contribution in [1.29, 1.82) is 0 Å². The van der Waals surface area contributed by atoms with Gasteiger partial charge in [-0.25, -0.2) is 0 Å². The predicted molar refractivity (Wildman–Crippen MR) is 81.9 cm³/mol. The number of carbonyl (C=O) groups is 2. The quantitative estimate of drug-likeness (QED) is 0.925. The highest BCUT2D eigenvalue weighted by molar-refractivity contribution is 5.93. The molecule has 3 rings (SSSR count). The summed E-state index contributed by atoms with van der Waals surface area (Å²) in [5.74, 6) is 0.296. The molecule has 7 heteroatoms. The fraction of sp³-hybridized carbons (Fsp3) is 0.375. The Bertz CT molecular complexity index is 690. The van der Waals surface area contributed by atoms with Gasteiger partial charge >= 0.3 is 0 Å². The van der Waals surface area contributed by atoms with E-state index in [-0.39, 0.29) is 23.6 Å². The summed E-state index contributed by atoms with van der Waals surface area (Å²) in [6.45, 7) is 2.93. The second-order valence-corrected chi connectivity index (χ2v) is 5.58. The number of hydrogen-bond acceptors (Lipinski definition) is 5. The monoisotopic (exact) mass is 314 g/mol. The normalized spacial score (nSPS) is 15.4. The minimum atomic E-state index is -0.239. The summed E-state index contributed by atoms with van der Waals surface area (Å²) in [7, 11) is 0. The molecule has 2 amide bonds. The summed E-state index contributed by atoms with van der Waals surface area (Å²) in [5.41, 5.74) is 0.738. The molecule has 0 atom stereocenters. The van der Waals surface area contributed by atoms with Gasteiger partial charge in [-0.2, -0.15) is 0 Å². The average Bonchev–Trinajstić information content (AvgIpc) is 3.02. The first kappa shape index (κ1) is 15.2. The molecule has 2 aromatic heterocycles. The number of nitrogens with zero attached hydrogens (tertiary/aromatic N) is 3. The molecule has 0 spiro atoms. The number of piperidine rings is 1. The Morgan fingerprint density at radius 1 is 1.26 bits per heavy atom. The van der Waals surface area contributed by atoms with E-state index in [4.69, 9.17) is 4.52 Å². The Balaban J connectivity index is 1.52. The number of carbonyl (C=O) groups excluding carboxylic acids is 2. The highest BCUT2D eigenvalue weighted by Gasteiger charge is 2.25. The van der Waals surface area contributed by atoms with Gasteiger partial charge in [0.2, 0.25) is 0 Å². The third kappa shape index (κ3) is 3.56. The summed E-state index contributed by atoms with van der Waals surface area (Å²) in [5, 5.41) is 6.64. The Hall–Kier alpha value is -2.70. The number of hydrogen-bond donors (Lipinski definition) is 1. The maximum absolute atomic E-state index is 12.3. The zero-order chi connectivity index (χ0) is 16.2. The predicted octanol–water partition coefficient (Wildman–Crippen LogP) is 1.41. The Morgan fingerprint density at radius 3 is 2.65 bits per heavy atom. The van der Waals surface area contributed by atoms with E-state index < -0.39 is 0 Å². The lowest BCUT2D eigenvalue weighted by atomic mass is 10.0. The molecule has 3 heterocycles. The average molecular weight is 314 g/mol. The van der Waals surface area contributed by atoms with Gasteiger partial charge in [-0.05, 0) is 31.9 Å². The number of likely N-dealkylation sites (tertiary alicyclic amines) is 1. The maximum Gasteiger partial charge on any atom is 0.273 e. The van der Waals surface area contributed by atoms with Gasteiger partial charge in [0.1, 0.15) is 11.5 Å². The van der Waals surface area contributed by atoms with E-state index in [0.717, 1.165) is 0 Å². The van der Waals surface area contributed by atoms with E-state index in [1.54, 1.807) is 42.3 Å². The minimum Gasteiger partial charge on any atom is -0.361 e. The van der Waals surface area contributed by atoms with Crippen LogP contribution in [0.2, 0.25) is 0 Å². The molecular formula is C16H18N4O3. The van der Waals surface area contributed by atoms with E-state index in [1.807, 2.05) is 0 Å². The molecule has 1 saturated heterocycles. The van der Waals surface area contributed by atoms with E-state index in [0.29, 0.717) is 37.4 Å². The summed E-state index contributed by atoms with van der Waals surface area (Å²) < 4.78 is 4.90. The second kappa shape index (κ2) is 6.60. The number of rotatable bonds is 3. The second-order valence-electron chi connectivity index (χ2n) is 5.58. The largest absolute Gasteiger partial charge is 0.361 e. The first-order chi connectivity index (χ1) is 11.1. The number of aromatic nitrogens is 2. The Morgan fingerprint density at radius 2 is 2.04 bits per heavy atom. The van der Waals surface area contributed by atoms with Gasteiger partial charge in [-0.3, -0.25) is 14.6 Å². The fourth-order valence-electron chi connectivity index (χ4n) is 2.61. The van der Waals surface area contributed by atoms with Crippen LogP contribution in [0, 0.1) is 6.92 Å². The van der Waals surface area contributed by atoms with Crippen molar-refractivity contribution < 1.29 is 14.1 Å². The van der Waals surface area contributed by atoms with E-state index in [9.17, 15) is 9.59 Å². The summed E-state index contributed by atoms with van der Waals surface area (Å²) in [4.78, 5) is 30.2. The summed E-state index contributed by atoms with van der Waals surface area (Å²) >= 11 is 0. The van der Waals surface area contributed by atoms with Crippen LogP contribution < -0.4 is 5.32 Å². The SMILES string of the molecule is Cc1cc(C(=O)NC2CCN(C(=O)c3ccccn3)CC2)no1. The van der Waals surface area contributed by atoms with Crippen LogP contribution in [0.1, 0.15) is 39.6 Å². The topological polar surface area (TPSA) is 88.3 Å². The fourth-order valence-corrected chi connectivity index (χ4v) is 2.61. The molecule has 0 bridgehead atoms. The minimum absolute atomic E-state index is 0.0345. The van der Waals surface area contributed by atoms with Gasteiger partial charge in [0.05, 0.1) is 0 Å². The van der Waals surface area contributed by atoms with Crippen LogP contribution in [0.15, 0.2) is 35.0 Å². The Labute approximate surface area is 133 Å². The third-order valence-electron chi connectivity index (χ3n) is 3.86. The molecule has 1 N–H and O–H groups in total. The van der Waals surface area contributed by atoms with Crippen molar-refractivity contribution in [2.45, 2.75) is 25.8 Å². The molecular weight excluding hydrogens is 296 g/mol. The number of nitrogens with one attached hydrogen (secondary N) is 1. The van der Waals surface area contributed by atoms with Crippen LogP contribution in [-0.2, 0) is 0 Å². The van der Waals surface area contributed by atoms with Crippen LogP contribution in [0.3, 0.4) is 0 Å². The molecule has 0 aromatic carbocycles. The third-order valence-corrected chi connectivity index (χ3v) is 3.86. The summed E-state index contributed by atoms with van der Waals surface area (Å²) in [6, 6.07) is 6.93. The molecule has 1 fully saturated rings. The van der Waals surface area contributed by atoms with Crippen molar-refractivity contribution in [2.24, 2.45) is 0 Å². The highest BCUT2D eigenvalue weighted by atomic mass is 16.5. The van der Waals surface area contributed by atoms with Gasteiger partial charge in [0, 0.05) is 31.4 Å². The van der Waals surface area contributed by atoms with E-state index in [2.05, 4.69) is 15.5 Å². The molecule has 0 saturated carbocycles. The number of pyridine rings is 1. The molecule has 0 unspecified atom stereocenters. The van der Waals surface area contributed by atoms with Crippen molar-refractivity contribution in [2.75, 3.05) is 13.1 Å². The molecule has 0 aliphatic carbocycles. The number of amides is 2. The lowest BCUT2D eigenvalue weighted by molar-refractivity contribution is 0.0692. The van der Waals surface area contributed by atoms with E-state index >= 15 is 0 Å². The smallest absolute Gasteiger partial charge is 0.273 e. The van der Waals surface area contributed by atoms with Crippen LogP contribution in [-0.4, -0.2) is 46.0 Å². The molecule has 23 heavy (non-hydrogen) atoms. The first-order valence-electron chi connectivity index (χ1n) is 7.58. The summed E-state index contributed by atoms with van der Waals surface area (Å²) in [6.07, 6.45) is 3.03. The van der Waals surface area contributed by atoms with Crippen LogP contribution in [0.4, 0.5) is 0 Å². The van der Waals surface area contributed by atoms with Crippen molar-refractivity contribution in [1.82, 2.24) is 20.4 Å². The standard InChI is InChI=1S/C16H18N4O3/c1-11-10-14(19-23-11)15(21)18-12-5-8-20(9-6-12)16(22)13-4-2-3-7-17-13/h2-4,7,10,12H,5-6,8-9H2,1H3,(H,18,21). The highest BCUT2D eigenvalue weighted by Crippen LogP contribution is 2.14. The van der Waals surface area contributed by atoms with Gasteiger partial charge in [-0.1, -0.05) is 11.2 Å². The van der Waals surface area contributed by atoms with E-state index in [1.165, 1.54) is 0 Å². The number of aryl methyl sites for hydroxylation is 1. The molecule has 2 aromatic rings. The zero-order valence-electron chi connectivity index (χ0n) is 12.9. The van der Waals surface area contributed by atoms with Gasteiger partial charge in [0.25, 0.3) is 11.8 Å². The van der Waals surface area contributed by atoms with Crippen molar-refractivity contribution >= 4 is 11.8 Å². The van der Waals surface area contributed by atoms with Crippen LogP contribution in [0.25, 0.3) is 0 Å². The van der Waals surface area contributed by atoms with Crippen molar-refractivity contribution in [3.8, 4) is 0 Å². The lowest BCUT2D eigenvalue weighted by Crippen LogP contribution is -2.46. The Kier molecular flexibility index (Phi) is 4.36. The van der Waals surface area contributed by atoms with Crippen molar-refractivity contribution in [3.05, 3.63) is 47.6 Å². The molecule has 120 valence electrons. The van der Waals surface area contributed by atoms with Crippen molar-refractivity contribution in [3.63, 3.8) is 0 Å². The van der Waals surface area contributed by atoms with Gasteiger partial charge in [-0.15, -0.1) is 0 Å². The molecule has 1 aliphatic heterocycles.